The predicted molar refractivity (Wildman–Crippen MR) is 109 cm³/mol. The molecule has 1 heterocycles. The zero-order chi connectivity index (χ0) is 20.7. The van der Waals surface area contributed by atoms with Crippen LogP contribution in [0.2, 0.25) is 0 Å². The Kier molecular flexibility index (Phi) is 4.86. The van der Waals surface area contributed by atoms with E-state index in [1.54, 1.807) is 25.1 Å². The first kappa shape index (κ1) is 19.2. The van der Waals surface area contributed by atoms with E-state index in [4.69, 9.17) is 4.74 Å². The summed E-state index contributed by atoms with van der Waals surface area (Å²) in [6, 6.07) is 6.56. The monoisotopic (exact) mass is 394 g/mol. The minimum absolute atomic E-state index is 0.00318. The number of carbonyl (C=O) groups is 1. The first-order valence-corrected chi connectivity index (χ1v) is 9.73. The lowest BCUT2D eigenvalue weighted by Crippen LogP contribution is -2.09. The molecule has 0 saturated carbocycles. The Morgan fingerprint density at radius 1 is 1.34 bits per heavy atom. The number of imidazole rings is 1. The maximum atomic E-state index is 13.5. The molecule has 150 valence electrons. The maximum absolute atomic E-state index is 13.5. The molecule has 0 bridgehead atoms. The van der Waals surface area contributed by atoms with E-state index < -0.39 is 5.97 Å². The van der Waals surface area contributed by atoms with Crippen LogP contribution in [0.1, 0.15) is 46.2 Å². The van der Waals surface area contributed by atoms with Gasteiger partial charge in [-0.15, -0.1) is 0 Å². The van der Waals surface area contributed by atoms with Gasteiger partial charge in [0.1, 0.15) is 22.9 Å². The summed E-state index contributed by atoms with van der Waals surface area (Å²) in [5.74, 6) is 0.0462. The molecule has 0 atom stereocenters. The fourth-order valence-corrected chi connectivity index (χ4v) is 3.98. The number of carbonyl (C=O) groups excluding carboxylic acids is 1. The standard InChI is InChI=1S/C23H23FN2O3/c1-4-29-23(28)19-12-20-21(25-13(2)26(20)3)22(27)18(19)9-7-14-5-6-15-11-16(24)8-10-17(14)15/h7-8,10-12,27H,4-6,9H2,1-3H3. The van der Waals surface area contributed by atoms with Crippen molar-refractivity contribution in [3.8, 4) is 5.75 Å². The lowest BCUT2D eigenvalue weighted by atomic mass is 9.98. The molecule has 0 spiro atoms. The first-order valence-electron chi connectivity index (χ1n) is 9.73. The van der Waals surface area contributed by atoms with Gasteiger partial charge in [-0.25, -0.2) is 14.2 Å². The normalized spacial score (nSPS) is 14.6. The molecule has 6 heteroatoms. The predicted octanol–water partition coefficient (Wildman–Crippen LogP) is 4.48. The van der Waals surface area contributed by atoms with E-state index >= 15 is 0 Å². The van der Waals surface area contributed by atoms with Crippen molar-refractivity contribution in [2.45, 2.75) is 33.1 Å². The molecule has 1 aromatic heterocycles. The number of hydrogen-bond acceptors (Lipinski definition) is 4. The molecule has 3 aromatic rings. The first-order chi connectivity index (χ1) is 13.9. The molecule has 29 heavy (non-hydrogen) atoms. The number of phenolic OH excluding ortho intramolecular Hbond substituents is 1. The molecule has 5 nitrogen and oxygen atoms in total. The van der Waals surface area contributed by atoms with Gasteiger partial charge in [-0.05, 0) is 68.0 Å². The number of halogens is 1. The van der Waals surface area contributed by atoms with Crippen LogP contribution in [-0.4, -0.2) is 27.2 Å². The Morgan fingerprint density at radius 3 is 2.90 bits per heavy atom. The van der Waals surface area contributed by atoms with E-state index in [1.807, 2.05) is 24.6 Å². The van der Waals surface area contributed by atoms with Crippen molar-refractivity contribution in [1.29, 1.82) is 0 Å². The number of aromatic nitrogens is 2. The Balaban J connectivity index is 1.80. The summed E-state index contributed by atoms with van der Waals surface area (Å²) in [6.45, 7) is 3.85. The van der Waals surface area contributed by atoms with Crippen LogP contribution in [-0.2, 0) is 24.6 Å². The van der Waals surface area contributed by atoms with Crippen molar-refractivity contribution < 1.29 is 19.0 Å². The number of phenols is 1. The third-order valence-corrected chi connectivity index (χ3v) is 5.60. The van der Waals surface area contributed by atoms with Crippen LogP contribution in [0.25, 0.3) is 16.6 Å². The summed E-state index contributed by atoms with van der Waals surface area (Å²) >= 11 is 0. The van der Waals surface area contributed by atoms with Crippen LogP contribution in [0, 0.1) is 12.7 Å². The van der Waals surface area contributed by atoms with Crippen molar-refractivity contribution in [2.75, 3.05) is 6.61 Å². The highest BCUT2D eigenvalue weighted by molar-refractivity contribution is 5.98. The number of aromatic hydroxyl groups is 1. The van der Waals surface area contributed by atoms with E-state index in [0.29, 0.717) is 28.6 Å². The molecular formula is C23H23FN2O3. The molecule has 1 aliphatic rings. The summed E-state index contributed by atoms with van der Waals surface area (Å²) in [5, 5.41) is 10.9. The molecule has 0 saturated heterocycles. The van der Waals surface area contributed by atoms with Gasteiger partial charge in [0.25, 0.3) is 0 Å². The molecule has 1 N–H and O–H groups in total. The Labute approximate surface area is 168 Å². The van der Waals surface area contributed by atoms with E-state index in [9.17, 15) is 14.3 Å². The van der Waals surface area contributed by atoms with Crippen molar-refractivity contribution in [1.82, 2.24) is 9.55 Å². The maximum Gasteiger partial charge on any atom is 0.338 e. The molecule has 0 radical (unpaired) electrons. The lowest BCUT2D eigenvalue weighted by Gasteiger charge is -2.11. The molecule has 1 aliphatic carbocycles. The van der Waals surface area contributed by atoms with Crippen LogP contribution in [0.3, 0.4) is 0 Å². The quantitative estimate of drug-likeness (QED) is 0.663. The van der Waals surface area contributed by atoms with E-state index in [-0.39, 0.29) is 18.2 Å². The van der Waals surface area contributed by atoms with E-state index in [0.717, 1.165) is 35.4 Å². The third kappa shape index (κ3) is 3.28. The molecule has 0 aliphatic heterocycles. The number of hydrogen-bond donors (Lipinski definition) is 1. The topological polar surface area (TPSA) is 64.3 Å². The lowest BCUT2D eigenvalue weighted by molar-refractivity contribution is 0.0525. The largest absolute Gasteiger partial charge is 0.505 e. The van der Waals surface area contributed by atoms with E-state index in [2.05, 4.69) is 4.98 Å². The minimum Gasteiger partial charge on any atom is -0.505 e. The van der Waals surface area contributed by atoms with Crippen molar-refractivity contribution in [3.63, 3.8) is 0 Å². The SMILES string of the molecule is CCOC(=O)c1cc2c(nc(C)n2C)c(O)c1CC=C1CCc2cc(F)ccc21. The van der Waals surface area contributed by atoms with Gasteiger partial charge in [0.15, 0.2) is 0 Å². The number of allylic oxidation sites excluding steroid dienone is 2. The van der Waals surface area contributed by atoms with Gasteiger partial charge in [-0.2, -0.15) is 0 Å². The second kappa shape index (κ2) is 7.35. The van der Waals surface area contributed by atoms with Crippen molar-refractivity contribution >= 4 is 22.6 Å². The number of nitrogens with zero attached hydrogens (tertiary/aromatic N) is 2. The van der Waals surface area contributed by atoms with Crippen LogP contribution in [0.15, 0.2) is 30.3 Å². The summed E-state index contributed by atoms with van der Waals surface area (Å²) in [7, 11) is 1.84. The fraction of sp³-hybridized carbons (Fsp3) is 0.304. The van der Waals surface area contributed by atoms with Crippen LogP contribution in [0.5, 0.6) is 5.75 Å². The summed E-state index contributed by atoms with van der Waals surface area (Å²) in [4.78, 5) is 17.0. The number of benzene rings is 2. The highest BCUT2D eigenvalue weighted by atomic mass is 19.1. The van der Waals surface area contributed by atoms with Gasteiger partial charge in [-0.3, -0.25) is 0 Å². The van der Waals surface area contributed by atoms with Crippen LogP contribution in [0.4, 0.5) is 4.39 Å². The molecule has 0 fully saturated rings. The minimum atomic E-state index is -0.467. The Morgan fingerprint density at radius 2 is 2.14 bits per heavy atom. The van der Waals surface area contributed by atoms with Gasteiger partial charge in [0.2, 0.25) is 0 Å². The molecule has 0 unspecified atom stereocenters. The van der Waals surface area contributed by atoms with Crippen molar-refractivity contribution in [2.24, 2.45) is 7.05 Å². The number of aryl methyl sites for hydroxylation is 3. The number of fused-ring (bicyclic) bond motifs is 2. The van der Waals surface area contributed by atoms with Gasteiger partial charge < -0.3 is 14.4 Å². The molecular weight excluding hydrogens is 371 g/mol. The van der Waals surface area contributed by atoms with Gasteiger partial charge in [0.05, 0.1) is 17.7 Å². The van der Waals surface area contributed by atoms with Crippen molar-refractivity contribution in [3.05, 3.63) is 64.2 Å². The van der Waals surface area contributed by atoms with Gasteiger partial charge >= 0.3 is 5.97 Å². The second-order valence-electron chi connectivity index (χ2n) is 7.29. The molecule has 0 amide bonds. The number of ether oxygens (including phenoxy) is 1. The fourth-order valence-electron chi connectivity index (χ4n) is 3.98. The van der Waals surface area contributed by atoms with Crippen LogP contribution >= 0.6 is 0 Å². The van der Waals surface area contributed by atoms with Gasteiger partial charge in [-0.1, -0.05) is 12.1 Å². The number of rotatable bonds is 4. The zero-order valence-electron chi connectivity index (χ0n) is 16.8. The Hall–Kier alpha value is -3.15. The van der Waals surface area contributed by atoms with E-state index in [1.165, 1.54) is 6.07 Å². The average Bonchev–Trinajstić information content (AvgIpc) is 3.22. The molecule has 4 rings (SSSR count). The highest BCUT2D eigenvalue weighted by Gasteiger charge is 2.23. The van der Waals surface area contributed by atoms with Gasteiger partial charge in [0, 0.05) is 12.6 Å². The number of esters is 1. The Bertz CT molecular complexity index is 1160. The molecule has 2 aromatic carbocycles. The smallest absolute Gasteiger partial charge is 0.338 e. The summed E-state index contributed by atoms with van der Waals surface area (Å²) in [5.41, 5.74) is 5.10. The third-order valence-electron chi connectivity index (χ3n) is 5.60. The summed E-state index contributed by atoms with van der Waals surface area (Å²) < 4.78 is 20.5. The zero-order valence-corrected chi connectivity index (χ0v) is 16.8. The second-order valence-corrected chi connectivity index (χ2v) is 7.29. The summed E-state index contributed by atoms with van der Waals surface area (Å²) in [6.07, 6.45) is 3.95. The average molecular weight is 394 g/mol. The highest BCUT2D eigenvalue weighted by Crippen LogP contribution is 2.36. The van der Waals surface area contributed by atoms with Crippen LogP contribution < -0.4 is 0 Å².